The number of rotatable bonds is 6. The zero-order valence-corrected chi connectivity index (χ0v) is 12.5. The van der Waals surface area contributed by atoms with E-state index in [4.69, 9.17) is 11.6 Å². The summed E-state index contributed by atoms with van der Waals surface area (Å²) >= 11 is 5.80. The quantitative estimate of drug-likeness (QED) is 0.786. The third kappa shape index (κ3) is 6.66. The molecule has 0 fully saturated rings. The fourth-order valence-electron chi connectivity index (χ4n) is 1.68. The maximum absolute atomic E-state index is 12.2. The first kappa shape index (κ1) is 17.6. The lowest BCUT2D eigenvalue weighted by Crippen LogP contribution is -2.36. The molecule has 1 unspecified atom stereocenters. The summed E-state index contributed by atoms with van der Waals surface area (Å²) in [6, 6.07) is 1.75. The highest BCUT2D eigenvalue weighted by molar-refractivity contribution is 6.29. The summed E-state index contributed by atoms with van der Waals surface area (Å²) in [7, 11) is 0. The third-order valence-electron chi connectivity index (χ3n) is 2.53. The van der Waals surface area contributed by atoms with Crippen LogP contribution in [0.4, 0.5) is 19.0 Å². The fraction of sp³-hybridized carbons (Fsp3) is 0.538. The summed E-state index contributed by atoms with van der Waals surface area (Å²) in [6.45, 7) is 3.91. The van der Waals surface area contributed by atoms with Gasteiger partial charge in [-0.05, 0) is 25.5 Å². The lowest BCUT2D eigenvalue weighted by molar-refractivity contribution is -0.138. The highest BCUT2D eigenvalue weighted by atomic mass is 35.5. The largest absolute Gasteiger partial charge is 0.391 e. The molecule has 0 aliphatic carbocycles. The van der Waals surface area contributed by atoms with Crippen LogP contribution in [0.1, 0.15) is 37.0 Å². The normalized spacial score (nSPS) is 12.9. The van der Waals surface area contributed by atoms with Crippen LogP contribution in [-0.2, 0) is 0 Å². The van der Waals surface area contributed by atoms with Gasteiger partial charge < -0.3 is 10.6 Å². The number of pyridine rings is 1. The van der Waals surface area contributed by atoms with Crippen molar-refractivity contribution in [1.29, 1.82) is 0 Å². The van der Waals surface area contributed by atoms with Crippen LogP contribution in [0, 0.1) is 0 Å². The standard InChI is InChI=1S/C13H17ClF3N3O/c1-3-4-18-11-6-9(5-10(14)20-11)12(21)19-8(2)7-13(15,16)17/h5-6,8H,3-4,7H2,1-2H3,(H,18,20)(H,19,21). The zero-order chi connectivity index (χ0) is 16.0. The smallest absolute Gasteiger partial charge is 0.370 e. The van der Waals surface area contributed by atoms with Gasteiger partial charge in [0.15, 0.2) is 0 Å². The Morgan fingerprint density at radius 2 is 2.10 bits per heavy atom. The number of aromatic nitrogens is 1. The van der Waals surface area contributed by atoms with E-state index in [9.17, 15) is 18.0 Å². The number of amides is 1. The maximum Gasteiger partial charge on any atom is 0.391 e. The summed E-state index contributed by atoms with van der Waals surface area (Å²) in [4.78, 5) is 15.9. The molecule has 1 aromatic rings. The molecule has 0 saturated carbocycles. The molecule has 118 valence electrons. The summed E-state index contributed by atoms with van der Waals surface area (Å²) in [5, 5.41) is 5.36. The fourth-order valence-corrected chi connectivity index (χ4v) is 1.89. The Labute approximate surface area is 126 Å². The van der Waals surface area contributed by atoms with Gasteiger partial charge in [0.2, 0.25) is 0 Å². The van der Waals surface area contributed by atoms with E-state index in [-0.39, 0.29) is 10.7 Å². The number of halogens is 4. The van der Waals surface area contributed by atoms with Crippen molar-refractivity contribution in [2.45, 2.75) is 38.9 Å². The predicted molar refractivity (Wildman–Crippen MR) is 75.6 cm³/mol. The van der Waals surface area contributed by atoms with Gasteiger partial charge in [-0.3, -0.25) is 4.79 Å². The van der Waals surface area contributed by atoms with Crippen LogP contribution in [0.15, 0.2) is 12.1 Å². The highest BCUT2D eigenvalue weighted by Crippen LogP contribution is 2.21. The van der Waals surface area contributed by atoms with Crippen LogP contribution in [0.3, 0.4) is 0 Å². The molecule has 0 spiro atoms. The Hall–Kier alpha value is -1.50. The van der Waals surface area contributed by atoms with Gasteiger partial charge in [-0.15, -0.1) is 0 Å². The lowest BCUT2D eigenvalue weighted by atomic mass is 10.2. The number of alkyl halides is 3. The van der Waals surface area contributed by atoms with E-state index >= 15 is 0 Å². The number of hydrogen-bond donors (Lipinski definition) is 2. The van der Waals surface area contributed by atoms with Crippen LogP contribution in [0.2, 0.25) is 5.15 Å². The number of anilines is 1. The van der Waals surface area contributed by atoms with E-state index < -0.39 is 24.5 Å². The summed E-state index contributed by atoms with van der Waals surface area (Å²) in [5.41, 5.74) is 0.169. The van der Waals surface area contributed by atoms with Crippen molar-refractivity contribution in [2.24, 2.45) is 0 Å². The van der Waals surface area contributed by atoms with E-state index in [1.54, 1.807) is 0 Å². The Morgan fingerprint density at radius 3 is 2.67 bits per heavy atom. The molecule has 0 aliphatic heterocycles. The minimum absolute atomic E-state index is 0.102. The molecule has 0 saturated heterocycles. The third-order valence-corrected chi connectivity index (χ3v) is 2.72. The summed E-state index contributed by atoms with van der Waals surface area (Å²) in [6.07, 6.45) is -4.55. The van der Waals surface area contributed by atoms with E-state index in [1.807, 2.05) is 6.92 Å². The van der Waals surface area contributed by atoms with E-state index in [2.05, 4.69) is 15.6 Å². The van der Waals surface area contributed by atoms with Gasteiger partial charge in [0, 0.05) is 18.2 Å². The average Bonchev–Trinajstić information content (AvgIpc) is 2.33. The van der Waals surface area contributed by atoms with Gasteiger partial charge in [0.1, 0.15) is 11.0 Å². The van der Waals surface area contributed by atoms with Crippen LogP contribution in [0.5, 0.6) is 0 Å². The monoisotopic (exact) mass is 323 g/mol. The first-order chi connectivity index (χ1) is 9.71. The Morgan fingerprint density at radius 1 is 1.43 bits per heavy atom. The van der Waals surface area contributed by atoms with Crippen LogP contribution in [0.25, 0.3) is 0 Å². The molecular formula is C13H17ClF3N3O. The first-order valence-electron chi connectivity index (χ1n) is 6.50. The van der Waals surface area contributed by atoms with Crippen molar-refractivity contribution in [2.75, 3.05) is 11.9 Å². The average molecular weight is 324 g/mol. The molecule has 0 aromatic carbocycles. The van der Waals surface area contributed by atoms with E-state index in [1.165, 1.54) is 19.1 Å². The molecule has 1 amide bonds. The molecule has 21 heavy (non-hydrogen) atoms. The molecule has 0 radical (unpaired) electrons. The predicted octanol–water partition coefficient (Wildman–Crippen LogP) is 3.63. The number of carbonyl (C=O) groups is 1. The van der Waals surface area contributed by atoms with Crippen molar-refractivity contribution in [3.05, 3.63) is 22.8 Å². The van der Waals surface area contributed by atoms with E-state index in [0.717, 1.165) is 6.42 Å². The van der Waals surface area contributed by atoms with Gasteiger partial charge in [-0.25, -0.2) is 4.98 Å². The maximum atomic E-state index is 12.2. The zero-order valence-electron chi connectivity index (χ0n) is 11.7. The number of nitrogens with one attached hydrogen (secondary N) is 2. The second-order valence-electron chi connectivity index (χ2n) is 4.68. The van der Waals surface area contributed by atoms with Crippen molar-refractivity contribution in [3.8, 4) is 0 Å². The van der Waals surface area contributed by atoms with Crippen molar-refractivity contribution in [1.82, 2.24) is 10.3 Å². The topological polar surface area (TPSA) is 54.0 Å². The molecule has 0 bridgehead atoms. The minimum atomic E-state index is -4.32. The van der Waals surface area contributed by atoms with Gasteiger partial charge in [-0.1, -0.05) is 18.5 Å². The van der Waals surface area contributed by atoms with Crippen LogP contribution < -0.4 is 10.6 Å². The van der Waals surface area contributed by atoms with Crippen LogP contribution >= 0.6 is 11.6 Å². The van der Waals surface area contributed by atoms with Gasteiger partial charge >= 0.3 is 6.18 Å². The molecule has 2 N–H and O–H groups in total. The number of carbonyl (C=O) groups excluding carboxylic acids is 1. The number of hydrogen-bond acceptors (Lipinski definition) is 3. The molecule has 1 aromatic heterocycles. The van der Waals surface area contributed by atoms with Gasteiger partial charge in [-0.2, -0.15) is 13.2 Å². The lowest BCUT2D eigenvalue weighted by Gasteiger charge is -2.16. The second-order valence-corrected chi connectivity index (χ2v) is 5.07. The van der Waals surface area contributed by atoms with Crippen molar-refractivity contribution >= 4 is 23.3 Å². The van der Waals surface area contributed by atoms with Gasteiger partial charge in [0.25, 0.3) is 5.91 Å². The molecule has 8 heteroatoms. The van der Waals surface area contributed by atoms with E-state index in [0.29, 0.717) is 12.4 Å². The summed E-state index contributed by atoms with van der Waals surface area (Å²) < 4.78 is 36.7. The van der Waals surface area contributed by atoms with Crippen LogP contribution in [-0.4, -0.2) is 29.7 Å². The molecule has 0 aliphatic rings. The summed E-state index contributed by atoms with van der Waals surface area (Å²) in [5.74, 6) is -0.200. The first-order valence-corrected chi connectivity index (χ1v) is 6.88. The van der Waals surface area contributed by atoms with Crippen molar-refractivity contribution < 1.29 is 18.0 Å². The Balaban J connectivity index is 2.75. The Kier molecular flexibility index (Phi) is 6.26. The Bertz CT molecular complexity index is 494. The minimum Gasteiger partial charge on any atom is -0.370 e. The second kappa shape index (κ2) is 7.49. The molecule has 1 atom stereocenters. The number of nitrogens with zero attached hydrogens (tertiary/aromatic N) is 1. The molecule has 1 heterocycles. The van der Waals surface area contributed by atoms with Crippen molar-refractivity contribution in [3.63, 3.8) is 0 Å². The molecule has 1 rings (SSSR count). The highest BCUT2D eigenvalue weighted by Gasteiger charge is 2.30. The van der Waals surface area contributed by atoms with Gasteiger partial charge in [0.05, 0.1) is 6.42 Å². The molecular weight excluding hydrogens is 307 g/mol. The SMILES string of the molecule is CCCNc1cc(C(=O)NC(C)CC(F)(F)F)cc(Cl)n1. The molecule has 4 nitrogen and oxygen atoms in total.